The molecule has 0 radical (unpaired) electrons. The fraction of sp³-hybridized carbons (Fsp3) is 0.222. The summed E-state index contributed by atoms with van der Waals surface area (Å²) in [6.45, 7) is 1.22. The number of benzene rings is 1. The third kappa shape index (κ3) is 2.72. The first-order valence-corrected chi connectivity index (χ1v) is 4.09. The summed E-state index contributed by atoms with van der Waals surface area (Å²) < 4.78 is 4.55. The van der Waals surface area contributed by atoms with Crippen LogP contribution in [0.4, 0.5) is 0 Å². The molecule has 70 valence electrons. The van der Waals surface area contributed by atoms with Crippen molar-refractivity contribution in [1.82, 2.24) is 0 Å². The Labute approximate surface area is 80.9 Å². The van der Waals surface area contributed by atoms with Crippen molar-refractivity contribution in [2.24, 2.45) is 0 Å². The molecule has 1 atom stereocenters. The minimum absolute atomic E-state index is 0.372. The van der Waals surface area contributed by atoms with Gasteiger partial charge in [-0.2, -0.15) is 0 Å². The molecular formula is C9H9ClO3. The van der Waals surface area contributed by atoms with Gasteiger partial charge in [0.05, 0.1) is 5.02 Å². The van der Waals surface area contributed by atoms with Crippen LogP contribution >= 0.6 is 11.6 Å². The topological polar surface area (TPSA) is 46.5 Å². The van der Waals surface area contributed by atoms with Crippen LogP contribution in [-0.4, -0.2) is 11.1 Å². The summed E-state index contributed by atoms with van der Waals surface area (Å²) in [4.78, 5) is 10.5. The van der Waals surface area contributed by atoms with Crippen molar-refractivity contribution in [3.63, 3.8) is 0 Å². The molecule has 13 heavy (non-hydrogen) atoms. The molecule has 0 aliphatic carbocycles. The van der Waals surface area contributed by atoms with E-state index in [1.165, 1.54) is 6.92 Å². The highest BCUT2D eigenvalue weighted by molar-refractivity contribution is 6.31. The molecule has 1 N–H and O–H groups in total. The highest BCUT2D eigenvalue weighted by atomic mass is 35.5. The Bertz CT molecular complexity index is 311. The second kappa shape index (κ2) is 4.25. The quantitative estimate of drug-likeness (QED) is 0.586. The molecule has 4 heteroatoms. The zero-order valence-electron chi connectivity index (χ0n) is 7.03. The number of halogens is 1. The van der Waals surface area contributed by atoms with Crippen LogP contribution in [0.5, 0.6) is 0 Å². The summed E-state index contributed by atoms with van der Waals surface area (Å²) in [5, 5.41) is 9.72. The Balaban J connectivity index is 2.82. The minimum atomic E-state index is -1.29. The molecule has 0 aliphatic rings. The van der Waals surface area contributed by atoms with Gasteiger partial charge in [-0.15, -0.1) is 0 Å². The Hall–Kier alpha value is -1.06. The van der Waals surface area contributed by atoms with Gasteiger partial charge in [0.15, 0.2) is 0 Å². The van der Waals surface area contributed by atoms with Gasteiger partial charge in [0.25, 0.3) is 0 Å². The molecule has 1 unspecified atom stereocenters. The Morgan fingerprint density at radius 1 is 1.54 bits per heavy atom. The van der Waals surface area contributed by atoms with E-state index in [1.807, 2.05) is 0 Å². The van der Waals surface area contributed by atoms with E-state index in [4.69, 9.17) is 11.6 Å². The van der Waals surface area contributed by atoms with Gasteiger partial charge in [-0.25, -0.2) is 0 Å². The summed E-state index contributed by atoms with van der Waals surface area (Å²) in [6.07, 6.45) is -1.29. The first-order chi connectivity index (χ1) is 6.11. The lowest BCUT2D eigenvalue weighted by Crippen LogP contribution is -2.07. The van der Waals surface area contributed by atoms with Crippen molar-refractivity contribution < 1.29 is 14.6 Å². The van der Waals surface area contributed by atoms with Gasteiger partial charge in [-0.05, 0) is 6.07 Å². The van der Waals surface area contributed by atoms with Gasteiger partial charge in [-0.3, -0.25) is 4.79 Å². The number of ether oxygens (including phenoxy) is 1. The van der Waals surface area contributed by atoms with E-state index in [9.17, 15) is 9.90 Å². The summed E-state index contributed by atoms with van der Waals surface area (Å²) in [5.41, 5.74) is 0.388. The molecule has 0 saturated heterocycles. The highest BCUT2D eigenvalue weighted by Crippen LogP contribution is 2.23. The lowest BCUT2D eigenvalue weighted by Gasteiger charge is -2.11. The number of hydrogen-bond acceptors (Lipinski definition) is 3. The third-order valence-corrected chi connectivity index (χ3v) is 1.79. The van der Waals surface area contributed by atoms with Crippen molar-refractivity contribution in [1.29, 1.82) is 0 Å². The molecule has 0 heterocycles. The predicted molar refractivity (Wildman–Crippen MR) is 48.2 cm³/mol. The lowest BCUT2D eigenvalue weighted by molar-refractivity contribution is -0.166. The normalized spacial score (nSPS) is 12.2. The average Bonchev–Trinajstić information content (AvgIpc) is 2.03. The number of rotatable bonds is 2. The maximum absolute atomic E-state index is 10.5. The molecule has 3 nitrogen and oxygen atoms in total. The second-order valence-corrected chi connectivity index (χ2v) is 2.89. The van der Waals surface area contributed by atoms with Crippen LogP contribution < -0.4 is 0 Å². The van der Waals surface area contributed by atoms with Gasteiger partial charge >= 0.3 is 5.97 Å². The fourth-order valence-electron chi connectivity index (χ4n) is 0.896. The van der Waals surface area contributed by atoms with Crippen LogP contribution in [0.1, 0.15) is 18.8 Å². The Morgan fingerprint density at radius 2 is 2.15 bits per heavy atom. The summed E-state index contributed by atoms with van der Waals surface area (Å²) >= 11 is 5.75. The molecular weight excluding hydrogens is 192 g/mol. The SMILES string of the molecule is CC(=O)OC(O)c1ccccc1Cl. The van der Waals surface area contributed by atoms with Crippen molar-refractivity contribution in [3.8, 4) is 0 Å². The summed E-state index contributed by atoms with van der Waals surface area (Å²) in [6, 6.07) is 6.64. The number of carbonyl (C=O) groups excluding carboxylic acids is 1. The number of carbonyl (C=O) groups is 1. The van der Waals surface area contributed by atoms with Gasteiger partial charge in [0.1, 0.15) is 0 Å². The van der Waals surface area contributed by atoms with E-state index >= 15 is 0 Å². The van der Waals surface area contributed by atoms with Crippen LogP contribution in [0, 0.1) is 0 Å². The second-order valence-electron chi connectivity index (χ2n) is 2.48. The van der Waals surface area contributed by atoms with Gasteiger partial charge in [0, 0.05) is 12.5 Å². The molecule has 0 saturated carbocycles. The number of esters is 1. The van der Waals surface area contributed by atoms with E-state index in [1.54, 1.807) is 24.3 Å². The van der Waals surface area contributed by atoms with Crippen LogP contribution in [0.25, 0.3) is 0 Å². The van der Waals surface area contributed by atoms with Crippen LogP contribution in [0.2, 0.25) is 5.02 Å². The molecule has 0 amide bonds. The van der Waals surface area contributed by atoms with Gasteiger partial charge < -0.3 is 9.84 Å². The fourth-order valence-corrected chi connectivity index (χ4v) is 1.13. The van der Waals surface area contributed by atoms with Crippen molar-refractivity contribution in [2.45, 2.75) is 13.2 Å². The zero-order chi connectivity index (χ0) is 9.84. The molecule has 0 bridgehead atoms. The molecule has 0 aliphatic heterocycles. The van der Waals surface area contributed by atoms with Crippen molar-refractivity contribution in [3.05, 3.63) is 34.9 Å². The number of aliphatic hydroxyl groups is 1. The van der Waals surface area contributed by atoms with E-state index < -0.39 is 12.3 Å². The van der Waals surface area contributed by atoms with E-state index in [0.29, 0.717) is 10.6 Å². The van der Waals surface area contributed by atoms with E-state index in [0.717, 1.165) is 0 Å². The van der Waals surface area contributed by atoms with Gasteiger partial charge in [-0.1, -0.05) is 29.8 Å². The Kier molecular flexibility index (Phi) is 3.28. The monoisotopic (exact) mass is 200 g/mol. The maximum atomic E-state index is 10.5. The summed E-state index contributed by atoms with van der Waals surface area (Å²) in [7, 11) is 0. The standard InChI is InChI=1S/C9H9ClO3/c1-6(11)13-9(12)7-4-2-3-5-8(7)10/h2-5,9,12H,1H3. The number of aliphatic hydroxyl groups excluding tert-OH is 1. The van der Waals surface area contributed by atoms with Crippen LogP contribution in [0.3, 0.4) is 0 Å². The number of hydrogen-bond donors (Lipinski definition) is 1. The molecule has 0 aromatic heterocycles. The molecule has 1 rings (SSSR count). The summed E-state index contributed by atoms with van der Waals surface area (Å²) in [5.74, 6) is -0.549. The molecule has 0 spiro atoms. The molecule has 1 aromatic carbocycles. The lowest BCUT2D eigenvalue weighted by atomic mass is 10.2. The van der Waals surface area contributed by atoms with E-state index in [-0.39, 0.29) is 0 Å². The zero-order valence-corrected chi connectivity index (χ0v) is 7.78. The van der Waals surface area contributed by atoms with Crippen molar-refractivity contribution in [2.75, 3.05) is 0 Å². The molecule has 1 aromatic rings. The predicted octanol–water partition coefficient (Wildman–Crippen LogP) is 1.89. The minimum Gasteiger partial charge on any atom is -0.432 e. The Morgan fingerprint density at radius 3 is 2.69 bits per heavy atom. The first kappa shape index (κ1) is 10.0. The van der Waals surface area contributed by atoms with E-state index in [2.05, 4.69) is 4.74 Å². The average molecular weight is 201 g/mol. The van der Waals surface area contributed by atoms with Crippen LogP contribution in [-0.2, 0) is 9.53 Å². The maximum Gasteiger partial charge on any atom is 0.305 e. The highest BCUT2D eigenvalue weighted by Gasteiger charge is 2.12. The van der Waals surface area contributed by atoms with Crippen LogP contribution in [0.15, 0.2) is 24.3 Å². The largest absolute Gasteiger partial charge is 0.432 e. The van der Waals surface area contributed by atoms with Gasteiger partial charge in [0.2, 0.25) is 6.29 Å². The van der Waals surface area contributed by atoms with Crippen molar-refractivity contribution >= 4 is 17.6 Å². The smallest absolute Gasteiger partial charge is 0.305 e. The molecule has 0 fully saturated rings. The third-order valence-electron chi connectivity index (χ3n) is 1.45. The first-order valence-electron chi connectivity index (χ1n) is 3.71.